The third-order valence-corrected chi connectivity index (χ3v) is 2.88. The number of alkyl halides is 3. The number of pyridine rings is 1. The zero-order chi connectivity index (χ0) is 17.2. The molecule has 2 aromatic rings. The zero-order valence-electron chi connectivity index (χ0n) is 11.6. The normalized spacial score (nSPS) is 12.9. The minimum Gasteiger partial charge on any atom is -0.467 e. The van der Waals surface area contributed by atoms with Crippen molar-refractivity contribution in [2.24, 2.45) is 0 Å². The van der Waals surface area contributed by atoms with Gasteiger partial charge < -0.3 is 20.1 Å². The second-order valence-corrected chi connectivity index (χ2v) is 4.40. The first-order valence-corrected chi connectivity index (χ1v) is 6.18. The van der Waals surface area contributed by atoms with Gasteiger partial charge in [0.1, 0.15) is 5.52 Å². The molecule has 1 amide bonds. The molecule has 2 aromatic heterocycles. The lowest BCUT2D eigenvalue weighted by Gasteiger charge is -2.13. The van der Waals surface area contributed by atoms with Crippen LogP contribution < -0.4 is 5.32 Å². The number of amides is 1. The number of hydrogen-bond donors (Lipinski definition) is 3. The standard InChI is InChI=1S/C12H11F3N4O4/c1-23-10(22)7(4-20)17-9(21)5-2-16-3-6-8(5)19-11(18-6)12(13,14)15/h2-3,7,20H,4H2,1H3,(H,17,21)(H,18,19)/t7-/m0/s1. The molecule has 2 heterocycles. The molecule has 0 saturated heterocycles. The van der Waals surface area contributed by atoms with Crippen molar-refractivity contribution in [1.82, 2.24) is 20.3 Å². The van der Waals surface area contributed by atoms with Crippen molar-refractivity contribution >= 4 is 22.9 Å². The van der Waals surface area contributed by atoms with E-state index in [1.807, 2.05) is 4.98 Å². The number of halogens is 3. The summed E-state index contributed by atoms with van der Waals surface area (Å²) in [5, 5.41) is 11.2. The lowest BCUT2D eigenvalue weighted by atomic mass is 10.2. The van der Waals surface area contributed by atoms with Crippen molar-refractivity contribution in [3.8, 4) is 0 Å². The first-order chi connectivity index (χ1) is 10.8. The van der Waals surface area contributed by atoms with Crippen molar-refractivity contribution in [2.45, 2.75) is 12.2 Å². The van der Waals surface area contributed by atoms with Crippen LogP contribution in [0.25, 0.3) is 11.0 Å². The number of carbonyl (C=O) groups is 2. The highest BCUT2D eigenvalue weighted by Gasteiger charge is 2.35. The molecule has 0 aliphatic carbocycles. The van der Waals surface area contributed by atoms with Crippen LogP contribution in [-0.2, 0) is 15.7 Å². The highest BCUT2D eigenvalue weighted by Crippen LogP contribution is 2.29. The Morgan fingerprint density at radius 3 is 2.70 bits per heavy atom. The summed E-state index contributed by atoms with van der Waals surface area (Å²) in [4.78, 5) is 32.4. The van der Waals surface area contributed by atoms with Crippen LogP contribution in [0.2, 0.25) is 0 Å². The van der Waals surface area contributed by atoms with Crippen molar-refractivity contribution < 1.29 is 32.6 Å². The van der Waals surface area contributed by atoms with E-state index in [2.05, 4.69) is 20.0 Å². The van der Waals surface area contributed by atoms with Gasteiger partial charge in [0, 0.05) is 6.20 Å². The number of H-pyrrole nitrogens is 1. The molecule has 3 N–H and O–H groups in total. The van der Waals surface area contributed by atoms with Gasteiger partial charge in [-0.3, -0.25) is 9.78 Å². The molecular formula is C12H11F3N4O4. The third kappa shape index (κ3) is 3.39. The average Bonchev–Trinajstić information content (AvgIpc) is 2.95. The highest BCUT2D eigenvalue weighted by atomic mass is 19.4. The number of aromatic nitrogens is 3. The molecule has 0 aliphatic rings. The molecule has 0 saturated carbocycles. The Bertz CT molecular complexity index is 743. The summed E-state index contributed by atoms with van der Waals surface area (Å²) in [6, 6.07) is -1.36. The monoisotopic (exact) mass is 332 g/mol. The van der Waals surface area contributed by atoms with Gasteiger partial charge in [-0.1, -0.05) is 0 Å². The van der Waals surface area contributed by atoms with Gasteiger partial charge in [0.2, 0.25) is 5.82 Å². The predicted molar refractivity (Wildman–Crippen MR) is 69.2 cm³/mol. The summed E-state index contributed by atoms with van der Waals surface area (Å²) in [7, 11) is 1.06. The number of nitrogens with zero attached hydrogens (tertiary/aromatic N) is 2. The molecule has 11 heteroatoms. The quantitative estimate of drug-likeness (QED) is 0.691. The number of ether oxygens (including phenoxy) is 1. The van der Waals surface area contributed by atoms with Gasteiger partial charge in [0.15, 0.2) is 6.04 Å². The van der Waals surface area contributed by atoms with Crippen molar-refractivity contribution in [1.29, 1.82) is 0 Å². The van der Waals surface area contributed by atoms with Crippen LogP contribution in [0, 0.1) is 0 Å². The summed E-state index contributed by atoms with van der Waals surface area (Å²) >= 11 is 0. The molecule has 1 atom stereocenters. The number of esters is 1. The summed E-state index contributed by atoms with van der Waals surface area (Å²) in [5.41, 5.74) is -0.633. The first-order valence-electron chi connectivity index (χ1n) is 6.18. The molecule has 8 nitrogen and oxygen atoms in total. The maximum atomic E-state index is 12.7. The maximum Gasteiger partial charge on any atom is 0.449 e. The Labute approximate surface area is 126 Å². The number of imidazole rings is 1. The van der Waals surface area contributed by atoms with Gasteiger partial charge in [-0.15, -0.1) is 0 Å². The van der Waals surface area contributed by atoms with Crippen LogP contribution in [0.15, 0.2) is 12.4 Å². The lowest BCUT2D eigenvalue weighted by Crippen LogP contribution is -2.44. The van der Waals surface area contributed by atoms with Gasteiger partial charge in [-0.25, -0.2) is 9.78 Å². The first kappa shape index (κ1) is 16.7. The average molecular weight is 332 g/mol. The summed E-state index contributed by atoms with van der Waals surface area (Å²) < 4.78 is 42.4. The van der Waals surface area contributed by atoms with Crippen LogP contribution in [0.1, 0.15) is 16.2 Å². The molecule has 124 valence electrons. The van der Waals surface area contributed by atoms with Gasteiger partial charge in [0.25, 0.3) is 5.91 Å². The third-order valence-electron chi connectivity index (χ3n) is 2.88. The van der Waals surface area contributed by atoms with Crippen LogP contribution >= 0.6 is 0 Å². The van der Waals surface area contributed by atoms with Crippen molar-refractivity contribution in [2.75, 3.05) is 13.7 Å². The van der Waals surface area contributed by atoms with E-state index in [9.17, 15) is 22.8 Å². The molecule has 0 fully saturated rings. The minimum absolute atomic E-state index is 0.0939. The molecule has 2 rings (SSSR count). The highest BCUT2D eigenvalue weighted by molar-refractivity contribution is 6.05. The molecular weight excluding hydrogens is 321 g/mol. The van der Waals surface area contributed by atoms with E-state index in [-0.39, 0.29) is 16.6 Å². The topological polar surface area (TPSA) is 117 Å². The lowest BCUT2D eigenvalue weighted by molar-refractivity contribution is -0.144. The Balaban J connectivity index is 2.37. The van der Waals surface area contributed by atoms with E-state index in [1.54, 1.807) is 0 Å². The second-order valence-electron chi connectivity index (χ2n) is 4.40. The van der Waals surface area contributed by atoms with E-state index in [4.69, 9.17) is 5.11 Å². The number of carbonyl (C=O) groups excluding carboxylic acids is 2. The van der Waals surface area contributed by atoms with Crippen LogP contribution in [0.3, 0.4) is 0 Å². The number of fused-ring (bicyclic) bond motifs is 1. The molecule has 23 heavy (non-hydrogen) atoms. The SMILES string of the molecule is COC(=O)[C@H](CO)NC(=O)c1cncc2[nH]c(C(F)(F)F)nc12. The van der Waals surface area contributed by atoms with Gasteiger partial charge in [-0.2, -0.15) is 13.2 Å². The Hall–Kier alpha value is -2.69. The van der Waals surface area contributed by atoms with E-state index >= 15 is 0 Å². The van der Waals surface area contributed by atoms with Crippen LogP contribution in [0.4, 0.5) is 13.2 Å². The van der Waals surface area contributed by atoms with Crippen LogP contribution in [-0.4, -0.2) is 51.7 Å². The van der Waals surface area contributed by atoms with E-state index < -0.39 is 36.5 Å². The zero-order valence-corrected chi connectivity index (χ0v) is 11.6. The fourth-order valence-corrected chi connectivity index (χ4v) is 1.79. The number of nitrogens with one attached hydrogen (secondary N) is 2. The molecule has 0 radical (unpaired) electrons. The molecule has 0 bridgehead atoms. The molecule has 0 unspecified atom stereocenters. The van der Waals surface area contributed by atoms with Crippen LogP contribution in [0.5, 0.6) is 0 Å². The number of hydrogen-bond acceptors (Lipinski definition) is 6. The van der Waals surface area contributed by atoms with Crippen molar-refractivity contribution in [3.05, 3.63) is 23.8 Å². The molecule has 0 aliphatic heterocycles. The van der Waals surface area contributed by atoms with Gasteiger partial charge >= 0.3 is 12.1 Å². The van der Waals surface area contributed by atoms with E-state index in [1.165, 1.54) is 0 Å². The minimum atomic E-state index is -4.72. The van der Waals surface area contributed by atoms with Gasteiger partial charge in [0.05, 0.1) is 31.0 Å². The van der Waals surface area contributed by atoms with E-state index in [0.717, 1.165) is 19.5 Å². The fourth-order valence-electron chi connectivity index (χ4n) is 1.79. The predicted octanol–water partition coefficient (Wildman–Crippen LogP) is 0.240. The summed E-state index contributed by atoms with van der Waals surface area (Å²) in [6.07, 6.45) is -2.63. The number of aliphatic hydroxyl groups is 1. The number of aliphatic hydroxyl groups excluding tert-OH is 1. The van der Waals surface area contributed by atoms with Gasteiger partial charge in [-0.05, 0) is 0 Å². The smallest absolute Gasteiger partial charge is 0.449 e. The molecule has 0 spiro atoms. The second kappa shape index (κ2) is 6.20. The summed E-state index contributed by atoms with van der Waals surface area (Å²) in [5.74, 6) is -3.10. The fraction of sp³-hybridized carbons (Fsp3) is 0.333. The Morgan fingerprint density at radius 1 is 1.43 bits per heavy atom. The number of rotatable bonds is 4. The number of methoxy groups -OCH3 is 1. The maximum absolute atomic E-state index is 12.7. The largest absolute Gasteiger partial charge is 0.467 e. The Kier molecular flexibility index (Phi) is 4.50. The Morgan fingerprint density at radius 2 is 2.13 bits per heavy atom. The summed E-state index contributed by atoms with van der Waals surface area (Å²) in [6.45, 7) is -0.740. The van der Waals surface area contributed by atoms with Crippen molar-refractivity contribution in [3.63, 3.8) is 0 Å². The molecule has 0 aromatic carbocycles. The number of aromatic amines is 1. The van der Waals surface area contributed by atoms with E-state index in [0.29, 0.717) is 0 Å².